The number of ether oxygens (including phenoxy) is 2. The summed E-state index contributed by atoms with van der Waals surface area (Å²) in [6.07, 6.45) is -1.01. The van der Waals surface area contributed by atoms with Gasteiger partial charge in [0.15, 0.2) is 11.5 Å². The van der Waals surface area contributed by atoms with Crippen molar-refractivity contribution in [1.29, 1.82) is 0 Å². The van der Waals surface area contributed by atoms with Gasteiger partial charge < -0.3 is 19.9 Å². The maximum absolute atomic E-state index is 13.4. The first-order chi connectivity index (χ1) is 12.8. The summed E-state index contributed by atoms with van der Waals surface area (Å²) in [4.78, 5) is 12.9. The fraction of sp³-hybridized carbons (Fsp3) is 0.381. The number of aliphatic hydroxyl groups is 1. The molecular formula is C21H24FNO4. The molecule has 0 radical (unpaired) electrons. The van der Waals surface area contributed by atoms with Crippen LogP contribution in [0.4, 0.5) is 4.39 Å². The van der Waals surface area contributed by atoms with Gasteiger partial charge in [-0.2, -0.15) is 0 Å². The molecule has 6 heteroatoms. The van der Waals surface area contributed by atoms with E-state index in [4.69, 9.17) is 9.47 Å². The largest absolute Gasteiger partial charge is 0.486 e. The molecule has 2 atom stereocenters. The lowest BCUT2D eigenvalue weighted by Crippen LogP contribution is -2.46. The van der Waals surface area contributed by atoms with Gasteiger partial charge in [-0.1, -0.05) is 18.2 Å². The molecule has 1 aliphatic heterocycles. The molecule has 0 aliphatic carbocycles. The Morgan fingerprint density at radius 1 is 1.15 bits per heavy atom. The highest BCUT2D eigenvalue weighted by atomic mass is 19.1. The Bertz CT molecular complexity index is 837. The molecule has 0 saturated carbocycles. The van der Waals surface area contributed by atoms with Crippen LogP contribution in [-0.4, -0.2) is 30.3 Å². The molecule has 1 heterocycles. The summed E-state index contributed by atoms with van der Waals surface area (Å²) in [5, 5.41) is 13.3. The summed E-state index contributed by atoms with van der Waals surface area (Å²) < 4.78 is 24.5. The Morgan fingerprint density at radius 3 is 2.56 bits per heavy atom. The standard InChI is InChI=1S/C21H24FNO4/c1-13(19(24)14-5-4-6-16(22)11-14)23-20(25)21(2,3)15-7-8-17-18(12-15)27-10-9-26-17/h4-8,11-13,19,24H,9-10H2,1-3H3,(H,23,25)/t13-,19-/m1/s1. The van der Waals surface area contributed by atoms with E-state index in [0.717, 1.165) is 5.56 Å². The van der Waals surface area contributed by atoms with Crippen LogP contribution in [0.2, 0.25) is 0 Å². The van der Waals surface area contributed by atoms with Crippen molar-refractivity contribution in [2.75, 3.05) is 13.2 Å². The van der Waals surface area contributed by atoms with Crippen molar-refractivity contribution in [2.45, 2.75) is 38.3 Å². The molecule has 27 heavy (non-hydrogen) atoms. The van der Waals surface area contributed by atoms with Gasteiger partial charge >= 0.3 is 0 Å². The van der Waals surface area contributed by atoms with Crippen molar-refractivity contribution in [2.24, 2.45) is 0 Å². The molecule has 3 rings (SSSR count). The second-order valence-corrected chi connectivity index (χ2v) is 7.25. The third-order valence-corrected chi connectivity index (χ3v) is 4.85. The number of carbonyl (C=O) groups is 1. The highest BCUT2D eigenvalue weighted by molar-refractivity contribution is 5.87. The van der Waals surface area contributed by atoms with Crippen molar-refractivity contribution in [3.8, 4) is 11.5 Å². The first-order valence-corrected chi connectivity index (χ1v) is 8.93. The lowest BCUT2D eigenvalue weighted by Gasteiger charge is -2.29. The Kier molecular flexibility index (Phi) is 5.37. The lowest BCUT2D eigenvalue weighted by molar-refractivity contribution is -0.127. The van der Waals surface area contributed by atoms with Crippen molar-refractivity contribution >= 4 is 5.91 Å². The number of amides is 1. The number of hydrogen-bond acceptors (Lipinski definition) is 4. The highest BCUT2D eigenvalue weighted by Gasteiger charge is 2.33. The van der Waals surface area contributed by atoms with Crippen LogP contribution in [0.3, 0.4) is 0 Å². The van der Waals surface area contributed by atoms with E-state index in [2.05, 4.69) is 5.32 Å². The molecule has 2 aromatic rings. The predicted molar refractivity (Wildman–Crippen MR) is 99.4 cm³/mol. The van der Waals surface area contributed by atoms with Crippen LogP contribution < -0.4 is 14.8 Å². The summed E-state index contributed by atoms with van der Waals surface area (Å²) in [7, 11) is 0. The minimum atomic E-state index is -1.01. The number of rotatable bonds is 5. The van der Waals surface area contributed by atoms with E-state index in [9.17, 15) is 14.3 Å². The summed E-state index contributed by atoms with van der Waals surface area (Å²) in [5.74, 6) is 0.604. The van der Waals surface area contributed by atoms with E-state index in [1.54, 1.807) is 32.9 Å². The number of aliphatic hydroxyl groups excluding tert-OH is 1. The fourth-order valence-corrected chi connectivity index (χ4v) is 3.01. The van der Waals surface area contributed by atoms with Crippen LogP contribution in [0.15, 0.2) is 42.5 Å². The molecular weight excluding hydrogens is 349 g/mol. The summed E-state index contributed by atoms with van der Waals surface area (Å²) in [6.45, 7) is 6.27. The number of nitrogens with one attached hydrogen (secondary N) is 1. The first kappa shape index (κ1) is 19.2. The van der Waals surface area contributed by atoms with Crippen molar-refractivity contribution in [3.05, 3.63) is 59.4 Å². The third-order valence-electron chi connectivity index (χ3n) is 4.85. The number of hydrogen-bond donors (Lipinski definition) is 2. The van der Waals surface area contributed by atoms with Gasteiger partial charge in [-0.25, -0.2) is 4.39 Å². The van der Waals surface area contributed by atoms with E-state index in [0.29, 0.717) is 30.3 Å². The Hall–Kier alpha value is -2.60. The third kappa shape index (κ3) is 4.06. The van der Waals surface area contributed by atoms with Crippen LogP contribution in [0.1, 0.15) is 38.0 Å². The zero-order valence-electron chi connectivity index (χ0n) is 15.7. The van der Waals surface area contributed by atoms with E-state index in [1.807, 2.05) is 12.1 Å². The van der Waals surface area contributed by atoms with Gasteiger partial charge in [-0.05, 0) is 56.2 Å². The zero-order chi connectivity index (χ0) is 19.6. The van der Waals surface area contributed by atoms with E-state index >= 15 is 0 Å². The van der Waals surface area contributed by atoms with Gasteiger partial charge in [0.25, 0.3) is 0 Å². The number of fused-ring (bicyclic) bond motifs is 1. The Balaban J connectivity index is 1.74. The number of halogens is 1. The molecule has 1 aliphatic rings. The first-order valence-electron chi connectivity index (χ1n) is 8.93. The Morgan fingerprint density at radius 2 is 1.85 bits per heavy atom. The molecule has 144 valence electrons. The predicted octanol–water partition coefficient (Wildman–Crippen LogP) is 3.11. The number of benzene rings is 2. The van der Waals surface area contributed by atoms with E-state index in [-0.39, 0.29) is 5.91 Å². The average molecular weight is 373 g/mol. The van der Waals surface area contributed by atoms with Crippen LogP contribution in [-0.2, 0) is 10.2 Å². The highest BCUT2D eigenvalue weighted by Crippen LogP contribution is 2.35. The topological polar surface area (TPSA) is 67.8 Å². The van der Waals surface area contributed by atoms with Crippen LogP contribution in [0, 0.1) is 5.82 Å². The van der Waals surface area contributed by atoms with Crippen LogP contribution in [0.5, 0.6) is 11.5 Å². The van der Waals surface area contributed by atoms with Crippen LogP contribution in [0.25, 0.3) is 0 Å². The SMILES string of the molecule is C[C@@H](NC(=O)C(C)(C)c1ccc2c(c1)OCCO2)[C@@H](O)c1cccc(F)c1. The summed E-state index contributed by atoms with van der Waals surface area (Å²) >= 11 is 0. The molecule has 0 spiro atoms. The van der Waals surface area contributed by atoms with Gasteiger partial charge in [0.2, 0.25) is 5.91 Å². The van der Waals surface area contributed by atoms with Crippen LogP contribution >= 0.6 is 0 Å². The van der Waals surface area contributed by atoms with Crippen molar-refractivity contribution < 1.29 is 23.8 Å². The molecule has 0 saturated heterocycles. The normalized spacial score (nSPS) is 15.7. The lowest BCUT2D eigenvalue weighted by atomic mass is 9.83. The summed E-state index contributed by atoms with van der Waals surface area (Å²) in [6, 6.07) is 10.6. The minimum Gasteiger partial charge on any atom is -0.486 e. The van der Waals surface area contributed by atoms with Gasteiger partial charge in [0, 0.05) is 0 Å². The molecule has 2 N–H and O–H groups in total. The molecule has 0 bridgehead atoms. The maximum Gasteiger partial charge on any atom is 0.230 e. The van der Waals surface area contributed by atoms with Gasteiger partial charge in [-0.15, -0.1) is 0 Å². The monoisotopic (exact) mass is 373 g/mol. The van der Waals surface area contributed by atoms with Crippen molar-refractivity contribution in [3.63, 3.8) is 0 Å². The van der Waals surface area contributed by atoms with Gasteiger partial charge in [-0.3, -0.25) is 4.79 Å². The molecule has 0 fully saturated rings. The van der Waals surface area contributed by atoms with Gasteiger partial charge in [0.1, 0.15) is 19.0 Å². The molecule has 5 nitrogen and oxygen atoms in total. The molecule has 0 aromatic heterocycles. The summed E-state index contributed by atoms with van der Waals surface area (Å²) in [5.41, 5.74) is 0.336. The fourth-order valence-electron chi connectivity index (χ4n) is 3.01. The quantitative estimate of drug-likeness (QED) is 0.845. The average Bonchev–Trinajstić information content (AvgIpc) is 2.66. The maximum atomic E-state index is 13.4. The van der Waals surface area contributed by atoms with Crippen molar-refractivity contribution in [1.82, 2.24) is 5.32 Å². The number of carbonyl (C=O) groups excluding carboxylic acids is 1. The van der Waals surface area contributed by atoms with Gasteiger partial charge in [0.05, 0.1) is 17.6 Å². The smallest absolute Gasteiger partial charge is 0.230 e. The second kappa shape index (κ2) is 7.56. The zero-order valence-corrected chi connectivity index (χ0v) is 15.7. The van der Waals surface area contributed by atoms with E-state index < -0.39 is 23.4 Å². The minimum absolute atomic E-state index is 0.248. The Labute approximate surface area is 158 Å². The van der Waals surface area contributed by atoms with E-state index in [1.165, 1.54) is 18.2 Å². The second-order valence-electron chi connectivity index (χ2n) is 7.25. The molecule has 1 amide bonds. The molecule has 2 aromatic carbocycles. The molecule has 0 unspecified atom stereocenters.